The zero-order chi connectivity index (χ0) is 12.1. The van der Waals surface area contributed by atoms with Crippen LogP contribution in [0.2, 0.25) is 5.02 Å². The molecule has 1 N–H and O–H groups in total. The minimum Gasteiger partial charge on any atom is -0.492 e. The summed E-state index contributed by atoms with van der Waals surface area (Å²) in [6, 6.07) is 6.40. The molecule has 0 radical (unpaired) electrons. The van der Waals surface area contributed by atoms with Gasteiger partial charge in [0.25, 0.3) is 0 Å². The number of hydrogen-bond donors (Lipinski definition) is 1. The van der Waals surface area contributed by atoms with E-state index in [9.17, 15) is 0 Å². The van der Waals surface area contributed by atoms with Gasteiger partial charge in [-0.1, -0.05) is 27.5 Å². The van der Waals surface area contributed by atoms with Gasteiger partial charge in [0, 0.05) is 10.5 Å². The Kier molecular flexibility index (Phi) is 5.14. The molecule has 0 aliphatic carbocycles. The molecule has 1 aromatic rings. The molecule has 1 fully saturated rings. The average Bonchev–Trinajstić information content (AvgIpc) is 2.79. The van der Waals surface area contributed by atoms with Gasteiger partial charge in [0.2, 0.25) is 0 Å². The first-order chi connectivity index (χ1) is 8.25. The Morgan fingerprint density at radius 2 is 2.35 bits per heavy atom. The average molecular weight is 319 g/mol. The molecule has 0 saturated carbocycles. The molecule has 1 atom stereocenters. The van der Waals surface area contributed by atoms with Gasteiger partial charge in [0.05, 0.1) is 11.6 Å². The minimum atomic E-state index is 0.665. The maximum Gasteiger partial charge on any atom is 0.137 e. The van der Waals surface area contributed by atoms with E-state index in [1.54, 1.807) is 0 Å². The Balaban J connectivity index is 1.70. The number of ether oxygens (including phenoxy) is 1. The predicted molar refractivity (Wildman–Crippen MR) is 74.9 cm³/mol. The summed E-state index contributed by atoms with van der Waals surface area (Å²) in [5.41, 5.74) is 0. The summed E-state index contributed by atoms with van der Waals surface area (Å²) >= 11 is 9.44. The van der Waals surface area contributed by atoms with E-state index in [-0.39, 0.29) is 0 Å². The SMILES string of the molecule is Clc1cc(Br)ccc1OCCCC1CCCN1. The number of halogens is 2. The van der Waals surface area contributed by atoms with Crippen LogP contribution in [0.5, 0.6) is 5.75 Å². The highest BCUT2D eigenvalue weighted by Gasteiger charge is 2.13. The highest BCUT2D eigenvalue weighted by atomic mass is 79.9. The van der Waals surface area contributed by atoms with Crippen molar-refractivity contribution >= 4 is 27.5 Å². The molecule has 1 heterocycles. The van der Waals surface area contributed by atoms with Crippen molar-refractivity contribution in [2.75, 3.05) is 13.2 Å². The standard InChI is InChI=1S/C13H17BrClNO/c14-10-5-6-13(12(15)9-10)17-8-2-4-11-3-1-7-16-11/h5-6,9,11,16H,1-4,7-8H2. The number of rotatable bonds is 5. The fourth-order valence-corrected chi connectivity index (χ4v) is 2.84. The molecule has 0 aromatic heterocycles. The molecule has 2 rings (SSSR count). The summed E-state index contributed by atoms with van der Waals surface area (Å²) < 4.78 is 6.65. The van der Waals surface area contributed by atoms with Crippen LogP contribution < -0.4 is 10.1 Å². The van der Waals surface area contributed by atoms with Crippen LogP contribution in [0.3, 0.4) is 0 Å². The van der Waals surface area contributed by atoms with Gasteiger partial charge in [-0.2, -0.15) is 0 Å². The second-order valence-electron chi connectivity index (χ2n) is 4.36. The Morgan fingerprint density at radius 1 is 1.47 bits per heavy atom. The largest absolute Gasteiger partial charge is 0.492 e. The molecule has 94 valence electrons. The van der Waals surface area contributed by atoms with Crippen molar-refractivity contribution < 1.29 is 4.74 Å². The molecule has 0 bridgehead atoms. The lowest BCUT2D eigenvalue weighted by molar-refractivity contribution is 0.299. The van der Waals surface area contributed by atoms with Crippen molar-refractivity contribution in [3.05, 3.63) is 27.7 Å². The van der Waals surface area contributed by atoms with Crippen LogP contribution in [0, 0.1) is 0 Å². The molecule has 2 nitrogen and oxygen atoms in total. The quantitative estimate of drug-likeness (QED) is 0.828. The first-order valence-corrected chi connectivity index (χ1v) is 7.24. The lowest BCUT2D eigenvalue weighted by atomic mass is 10.1. The number of nitrogens with one attached hydrogen (secondary N) is 1. The number of hydrogen-bond acceptors (Lipinski definition) is 2. The lowest BCUT2D eigenvalue weighted by Crippen LogP contribution is -2.21. The summed E-state index contributed by atoms with van der Waals surface area (Å²) in [4.78, 5) is 0. The van der Waals surface area contributed by atoms with E-state index in [1.165, 1.54) is 25.8 Å². The second-order valence-corrected chi connectivity index (χ2v) is 5.68. The molecule has 1 unspecified atom stereocenters. The van der Waals surface area contributed by atoms with Gasteiger partial charge in [-0.05, 0) is 50.4 Å². The van der Waals surface area contributed by atoms with E-state index >= 15 is 0 Å². The lowest BCUT2D eigenvalue weighted by Gasteiger charge is -2.11. The first kappa shape index (κ1) is 13.2. The summed E-state index contributed by atoms with van der Waals surface area (Å²) in [7, 11) is 0. The Labute approximate surface area is 116 Å². The second kappa shape index (κ2) is 6.62. The smallest absolute Gasteiger partial charge is 0.137 e. The van der Waals surface area contributed by atoms with E-state index in [0.717, 1.165) is 23.2 Å². The van der Waals surface area contributed by atoms with Crippen LogP contribution in [0.4, 0.5) is 0 Å². The fourth-order valence-electron chi connectivity index (χ4n) is 2.11. The van der Waals surface area contributed by atoms with Crippen LogP contribution in [-0.2, 0) is 0 Å². The summed E-state index contributed by atoms with van der Waals surface area (Å²) in [6.07, 6.45) is 4.88. The van der Waals surface area contributed by atoms with Crippen LogP contribution >= 0.6 is 27.5 Å². The van der Waals surface area contributed by atoms with Crippen molar-refractivity contribution in [2.45, 2.75) is 31.7 Å². The number of benzene rings is 1. The van der Waals surface area contributed by atoms with Gasteiger partial charge in [-0.25, -0.2) is 0 Å². The predicted octanol–water partition coefficient (Wildman–Crippen LogP) is 4.01. The van der Waals surface area contributed by atoms with Crippen molar-refractivity contribution in [1.82, 2.24) is 5.32 Å². The van der Waals surface area contributed by atoms with Crippen molar-refractivity contribution in [2.24, 2.45) is 0 Å². The van der Waals surface area contributed by atoms with Gasteiger partial charge >= 0.3 is 0 Å². The third-order valence-electron chi connectivity index (χ3n) is 3.01. The maximum absolute atomic E-state index is 6.07. The van der Waals surface area contributed by atoms with Gasteiger partial charge < -0.3 is 10.1 Å². The Morgan fingerprint density at radius 3 is 3.06 bits per heavy atom. The minimum absolute atomic E-state index is 0.665. The molecule has 0 spiro atoms. The van der Waals surface area contributed by atoms with Gasteiger partial charge in [0.15, 0.2) is 0 Å². The molecule has 1 aliphatic rings. The van der Waals surface area contributed by atoms with Gasteiger partial charge in [-0.15, -0.1) is 0 Å². The molecule has 1 saturated heterocycles. The van der Waals surface area contributed by atoms with E-state index in [0.29, 0.717) is 11.1 Å². The van der Waals surface area contributed by atoms with Crippen molar-refractivity contribution in [1.29, 1.82) is 0 Å². The Hall–Kier alpha value is -0.250. The fraction of sp³-hybridized carbons (Fsp3) is 0.538. The van der Waals surface area contributed by atoms with E-state index in [4.69, 9.17) is 16.3 Å². The van der Waals surface area contributed by atoms with Gasteiger partial charge in [-0.3, -0.25) is 0 Å². The van der Waals surface area contributed by atoms with Crippen LogP contribution in [0.15, 0.2) is 22.7 Å². The normalized spacial score (nSPS) is 19.5. The van der Waals surface area contributed by atoms with Crippen molar-refractivity contribution in [3.63, 3.8) is 0 Å². The third-order valence-corrected chi connectivity index (χ3v) is 3.80. The van der Waals surface area contributed by atoms with Crippen molar-refractivity contribution in [3.8, 4) is 5.75 Å². The van der Waals surface area contributed by atoms with Crippen LogP contribution in [-0.4, -0.2) is 19.2 Å². The van der Waals surface area contributed by atoms with E-state index in [1.807, 2.05) is 18.2 Å². The molecule has 1 aromatic carbocycles. The highest BCUT2D eigenvalue weighted by molar-refractivity contribution is 9.10. The third kappa shape index (κ3) is 4.16. The van der Waals surface area contributed by atoms with Gasteiger partial charge in [0.1, 0.15) is 5.75 Å². The van der Waals surface area contributed by atoms with E-state index < -0.39 is 0 Å². The molecular weight excluding hydrogens is 302 g/mol. The summed E-state index contributed by atoms with van der Waals surface area (Å²) in [6.45, 7) is 1.91. The summed E-state index contributed by atoms with van der Waals surface area (Å²) in [5, 5.41) is 4.15. The Bertz CT molecular complexity index is 366. The molecular formula is C13H17BrClNO. The molecule has 1 aliphatic heterocycles. The van der Waals surface area contributed by atoms with E-state index in [2.05, 4.69) is 21.2 Å². The zero-order valence-corrected chi connectivity index (χ0v) is 12.1. The van der Waals surface area contributed by atoms with Crippen LogP contribution in [0.1, 0.15) is 25.7 Å². The molecule has 0 amide bonds. The van der Waals surface area contributed by atoms with Crippen LogP contribution in [0.25, 0.3) is 0 Å². The molecule has 17 heavy (non-hydrogen) atoms. The monoisotopic (exact) mass is 317 g/mol. The topological polar surface area (TPSA) is 21.3 Å². The zero-order valence-electron chi connectivity index (χ0n) is 9.72. The first-order valence-electron chi connectivity index (χ1n) is 6.07. The highest BCUT2D eigenvalue weighted by Crippen LogP contribution is 2.27. The molecule has 4 heteroatoms. The summed E-state index contributed by atoms with van der Waals surface area (Å²) in [5.74, 6) is 0.772. The maximum atomic E-state index is 6.07.